The number of carbonyl (C=O) groups is 3. The molecule has 9 atom stereocenters. The summed E-state index contributed by atoms with van der Waals surface area (Å²) in [6, 6.07) is 0. The molecule has 3 saturated carbocycles. The molecule has 4 aliphatic rings. The summed E-state index contributed by atoms with van der Waals surface area (Å²) < 4.78 is 15.9. The summed E-state index contributed by atoms with van der Waals surface area (Å²) in [6.07, 6.45) is 15.3. The van der Waals surface area contributed by atoms with Gasteiger partial charge in [-0.3, -0.25) is 9.59 Å². The third-order valence-corrected chi connectivity index (χ3v) is 12.6. The van der Waals surface area contributed by atoms with Gasteiger partial charge in [0, 0.05) is 13.3 Å². The molecule has 0 saturated heterocycles. The second-order valence-corrected chi connectivity index (χ2v) is 16.1. The van der Waals surface area contributed by atoms with Crippen LogP contribution in [0.1, 0.15) is 119 Å². The van der Waals surface area contributed by atoms with Crippen molar-refractivity contribution in [3.63, 3.8) is 0 Å². The third kappa shape index (κ3) is 7.90. The van der Waals surface area contributed by atoms with Crippen LogP contribution < -0.4 is 5.32 Å². The Hall–Kier alpha value is -2.09. The number of hydrogen-bond acceptors (Lipinski definition) is 7. The van der Waals surface area contributed by atoms with Gasteiger partial charge in [0.1, 0.15) is 24.7 Å². The number of ether oxygens (including phenoxy) is 3. The minimum atomic E-state index is -1.35. The van der Waals surface area contributed by atoms with Crippen molar-refractivity contribution in [3.05, 3.63) is 11.6 Å². The molecular formula is C37H61NO7. The fourth-order valence-corrected chi connectivity index (χ4v) is 9.85. The van der Waals surface area contributed by atoms with Crippen molar-refractivity contribution in [1.82, 2.24) is 5.32 Å². The fourth-order valence-electron chi connectivity index (χ4n) is 9.85. The van der Waals surface area contributed by atoms with Crippen LogP contribution in [0.2, 0.25) is 0 Å². The van der Waals surface area contributed by atoms with Crippen molar-refractivity contribution in [2.24, 2.45) is 51.8 Å². The summed E-state index contributed by atoms with van der Waals surface area (Å²) in [6.45, 7) is 14.3. The van der Waals surface area contributed by atoms with Crippen molar-refractivity contribution in [1.29, 1.82) is 0 Å². The van der Waals surface area contributed by atoms with Gasteiger partial charge in [-0.05, 0) is 98.2 Å². The Labute approximate surface area is 271 Å². The first-order valence-electron chi connectivity index (χ1n) is 17.8. The molecule has 0 bridgehead atoms. The fraction of sp³-hybridized carbons (Fsp3) is 0.865. The van der Waals surface area contributed by atoms with Crippen LogP contribution in [0.5, 0.6) is 0 Å². The van der Waals surface area contributed by atoms with E-state index >= 15 is 0 Å². The number of hydrogen-bond donors (Lipinski definition) is 2. The van der Waals surface area contributed by atoms with E-state index in [9.17, 15) is 19.5 Å². The molecule has 2 N–H and O–H groups in total. The number of nitrogens with one attached hydrogen (secondary N) is 1. The molecule has 45 heavy (non-hydrogen) atoms. The zero-order chi connectivity index (χ0) is 33.0. The Morgan fingerprint density at radius 3 is 2.49 bits per heavy atom. The molecule has 256 valence electrons. The van der Waals surface area contributed by atoms with Crippen LogP contribution in [0, 0.1) is 51.8 Å². The van der Waals surface area contributed by atoms with Gasteiger partial charge in [-0.2, -0.15) is 0 Å². The highest BCUT2D eigenvalue weighted by molar-refractivity contribution is 5.77. The van der Waals surface area contributed by atoms with Crippen molar-refractivity contribution in [3.8, 4) is 0 Å². The van der Waals surface area contributed by atoms with Crippen molar-refractivity contribution in [2.75, 3.05) is 26.4 Å². The Morgan fingerprint density at radius 1 is 1.04 bits per heavy atom. The van der Waals surface area contributed by atoms with Crippen molar-refractivity contribution >= 4 is 18.0 Å². The second kappa shape index (κ2) is 14.8. The highest BCUT2D eigenvalue weighted by Crippen LogP contribution is 2.67. The van der Waals surface area contributed by atoms with Gasteiger partial charge in [0.2, 0.25) is 0 Å². The highest BCUT2D eigenvalue weighted by Gasteiger charge is 2.59. The molecular weight excluding hydrogens is 570 g/mol. The van der Waals surface area contributed by atoms with Gasteiger partial charge in [-0.15, -0.1) is 0 Å². The first-order chi connectivity index (χ1) is 21.2. The van der Waals surface area contributed by atoms with E-state index in [2.05, 4.69) is 46.0 Å². The largest absolute Gasteiger partial charge is 0.465 e. The number of rotatable bonds is 13. The Balaban J connectivity index is 1.26. The average molecular weight is 632 g/mol. The number of amides is 1. The van der Waals surface area contributed by atoms with Gasteiger partial charge in [-0.25, -0.2) is 4.79 Å². The van der Waals surface area contributed by atoms with E-state index in [1.165, 1.54) is 70.8 Å². The molecule has 0 aromatic heterocycles. The number of fused-ring (bicyclic) bond motifs is 5. The lowest BCUT2D eigenvalue weighted by atomic mass is 9.47. The highest BCUT2D eigenvalue weighted by atomic mass is 16.6. The molecule has 4 aliphatic carbocycles. The molecule has 0 radical (unpaired) electrons. The number of carbonyl (C=O) groups excluding carboxylic acids is 3. The SMILES string of the molecule is CC(=O)OCC(C)(CO)C(=O)OCCNC(=O)OC1CC[C@@]2(C)C(=CC[C@@H]3[C@@H]2CC[C@]2(C)C([C@H](C)CCCC(C)C)CC[C@@H]32)C1. The molecule has 3 fully saturated rings. The maximum atomic E-state index is 12.6. The molecule has 0 aromatic carbocycles. The Kier molecular flexibility index (Phi) is 11.7. The van der Waals surface area contributed by atoms with E-state index in [1.54, 1.807) is 0 Å². The molecule has 1 amide bonds. The van der Waals surface area contributed by atoms with Crippen LogP contribution in [-0.2, 0) is 23.8 Å². The number of esters is 2. The summed E-state index contributed by atoms with van der Waals surface area (Å²) >= 11 is 0. The number of aliphatic hydroxyl groups is 1. The molecule has 0 aromatic rings. The lowest BCUT2D eigenvalue weighted by Crippen LogP contribution is -2.51. The summed E-state index contributed by atoms with van der Waals surface area (Å²) in [5, 5.41) is 12.3. The average Bonchev–Trinajstić information content (AvgIpc) is 3.35. The Morgan fingerprint density at radius 2 is 1.80 bits per heavy atom. The summed E-state index contributed by atoms with van der Waals surface area (Å²) in [4.78, 5) is 36.1. The minimum absolute atomic E-state index is 0.0712. The van der Waals surface area contributed by atoms with E-state index in [1.807, 2.05) is 0 Å². The summed E-state index contributed by atoms with van der Waals surface area (Å²) in [5.74, 6) is 3.57. The van der Waals surface area contributed by atoms with Crippen LogP contribution in [0.3, 0.4) is 0 Å². The predicted octanol–water partition coefficient (Wildman–Crippen LogP) is 7.23. The Bertz CT molecular complexity index is 1090. The number of allylic oxidation sites excluding steroid dienone is 1. The second-order valence-electron chi connectivity index (χ2n) is 16.1. The molecule has 8 heteroatoms. The minimum Gasteiger partial charge on any atom is -0.465 e. The van der Waals surface area contributed by atoms with Crippen LogP contribution >= 0.6 is 0 Å². The van der Waals surface area contributed by atoms with E-state index in [0.29, 0.717) is 5.41 Å². The maximum Gasteiger partial charge on any atom is 0.407 e. The van der Waals surface area contributed by atoms with Gasteiger partial charge < -0.3 is 24.6 Å². The van der Waals surface area contributed by atoms with E-state index in [0.717, 1.165) is 54.8 Å². The quantitative estimate of drug-likeness (QED) is 0.0955. The van der Waals surface area contributed by atoms with Gasteiger partial charge in [0.15, 0.2) is 0 Å². The van der Waals surface area contributed by atoms with Crippen molar-refractivity contribution in [2.45, 2.75) is 125 Å². The van der Waals surface area contributed by atoms with Gasteiger partial charge >= 0.3 is 18.0 Å². The maximum absolute atomic E-state index is 12.6. The van der Waals surface area contributed by atoms with Crippen LogP contribution in [0.25, 0.3) is 0 Å². The monoisotopic (exact) mass is 631 g/mol. The standard InChI is InChI=1S/C37H61NO7/c1-24(2)9-8-10-25(3)30-13-14-31-29-12-11-27-21-28(15-17-36(27,6)32(29)16-18-37(30,31)7)45-34(42)38-19-20-43-33(41)35(5,22-39)23-44-26(4)40/h11,24-25,28-32,39H,8-10,12-23H2,1-7H3,(H,38,42)/t25-,28?,29+,30?,31+,32+,35?,36+,37-/m1/s1. The van der Waals surface area contributed by atoms with Gasteiger partial charge in [0.05, 0.1) is 13.2 Å². The lowest BCUT2D eigenvalue weighted by Gasteiger charge is -2.58. The van der Waals surface area contributed by atoms with Gasteiger partial charge in [-0.1, -0.05) is 65.5 Å². The predicted molar refractivity (Wildman–Crippen MR) is 174 cm³/mol. The van der Waals surface area contributed by atoms with E-state index < -0.39 is 30.1 Å². The first-order valence-corrected chi connectivity index (χ1v) is 17.8. The topological polar surface area (TPSA) is 111 Å². The van der Waals surface area contributed by atoms with E-state index in [-0.39, 0.29) is 31.3 Å². The molecule has 4 rings (SSSR count). The zero-order valence-electron chi connectivity index (χ0n) is 29.1. The van der Waals surface area contributed by atoms with E-state index in [4.69, 9.17) is 14.2 Å². The molecule has 8 nitrogen and oxygen atoms in total. The summed E-state index contributed by atoms with van der Waals surface area (Å²) in [5.41, 5.74) is 0.806. The molecule has 0 heterocycles. The van der Waals surface area contributed by atoms with Gasteiger partial charge in [0.25, 0.3) is 0 Å². The molecule has 0 aliphatic heterocycles. The van der Waals surface area contributed by atoms with Crippen LogP contribution in [-0.4, -0.2) is 55.6 Å². The lowest BCUT2D eigenvalue weighted by molar-refractivity contribution is -0.164. The normalized spacial score (nSPS) is 34.3. The number of aliphatic hydroxyl groups excluding tert-OH is 1. The first kappa shape index (κ1) is 35.8. The molecule has 3 unspecified atom stereocenters. The summed E-state index contributed by atoms with van der Waals surface area (Å²) in [7, 11) is 0. The van der Waals surface area contributed by atoms with Crippen LogP contribution in [0.4, 0.5) is 4.79 Å². The number of alkyl carbamates (subject to hydrolysis) is 1. The van der Waals surface area contributed by atoms with Crippen molar-refractivity contribution < 1.29 is 33.7 Å². The zero-order valence-corrected chi connectivity index (χ0v) is 29.1. The smallest absolute Gasteiger partial charge is 0.407 e. The van der Waals surface area contributed by atoms with Crippen LogP contribution in [0.15, 0.2) is 11.6 Å². The molecule has 0 spiro atoms. The third-order valence-electron chi connectivity index (χ3n) is 12.6.